The van der Waals surface area contributed by atoms with Crippen molar-refractivity contribution < 1.29 is 4.92 Å². The molecule has 0 bridgehead atoms. The summed E-state index contributed by atoms with van der Waals surface area (Å²) in [5, 5.41) is 14.2. The monoisotopic (exact) mass is 277 g/mol. The lowest BCUT2D eigenvalue weighted by molar-refractivity contribution is -0.384. The second kappa shape index (κ2) is 6.70. The normalized spacial score (nSPS) is 17.1. The molecule has 1 N–H and O–H groups in total. The summed E-state index contributed by atoms with van der Waals surface area (Å²) in [7, 11) is 0. The zero-order valence-corrected chi connectivity index (χ0v) is 12.3. The molecule has 0 aromatic heterocycles. The smallest absolute Gasteiger partial charge is 0.292 e. The molecule has 0 saturated carbocycles. The summed E-state index contributed by atoms with van der Waals surface area (Å²) in [6.07, 6.45) is 2.51. The first-order valence-electron chi connectivity index (χ1n) is 7.27. The van der Waals surface area contributed by atoms with E-state index in [1.54, 1.807) is 12.1 Å². The van der Waals surface area contributed by atoms with Gasteiger partial charge in [-0.05, 0) is 50.4 Å². The lowest BCUT2D eigenvalue weighted by Gasteiger charge is -2.30. The highest BCUT2D eigenvalue weighted by Crippen LogP contribution is 2.25. The lowest BCUT2D eigenvalue weighted by atomic mass is 9.99. The molecular formula is C15H23N3O2. The van der Waals surface area contributed by atoms with E-state index in [4.69, 9.17) is 0 Å². The average molecular weight is 277 g/mol. The van der Waals surface area contributed by atoms with Gasteiger partial charge in [-0.2, -0.15) is 0 Å². The van der Waals surface area contributed by atoms with Crippen LogP contribution in [0.1, 0.15) is 25.3 Å². The van der Waals surface area contributed by atoms with Crippen LogP contribution in [0.4, 0.5) is 11.4 Å². The molecule has 20 heavy (non-hydrogen) atoms. The first-order chi connectivity index (χ1) is 9.56. The van der Waals surface area contributed by atoms with E-state index in [0.717, 1.165) is 37.7 Å². The van der Waals surface area contributed by atoms with Crippen molar-refractivity contribution in [2.24, 2.45) is 5.92 Å². The van der Waals surface area contributed by atoms with Crippen LogP contribution in [0, 0.1) is 23.0 Å². The van der Waals surface area contributed by atoms with Gasteiger partial charge in [0.05, 0.1) is 4.92 Å². The quantitative estimate of drug-likeness (QED) is 0.664. The van der Waals surface area contributed by atoms with Crippen molar-refractivity contribution in [2.75, 3.05) is 31.5 Å². The van der Waals surface area contributed by atoms with Crippen LogP contribution in [0.5, 0.6) is 0 Å². The van der Waals surface area contributed by atoms with Crippen molar-refractivity contribution in [3.05, 3.63) is 33.9 Å². The van der Waals surface area contributed by atoms with Crippen LogP contribution < -0.4 is 5.32 Å². The molecule has 1 saturated heterocycles. The van der Waals surface area contributed by atoms with Gasteiger partial charge in [-0.1, -0.05) is 13.0 Å². The van der Waals surface area contributed by atoms with E-state index >= 15 is 0 Å². The van der Waals surface area contributed by atoms with Crippen LogP contribution in [0.15, 0.2) is 18.2 Å². The predicted octanol–water partition coefficient (Wildman–Crippen LogP) is 3.05. The molecule has 0 aliphatic carbocycles. The molecule has 0 radical (unpaired) electrons. The molecular weight excluding hydrogens is 254 g/mol. The molecule has 5 heteroatoms. The maximum atomic E-state index is 11.0. The van der Waals surface area contributed by atoms with Crippen molar-refractivity contribution in [1.29, 1.82) is 0 Å². The summed E-state index contributed by atoms with van der Waals surface area (Å²) in [4.78, 5) is 13.1. The first-order valence-corrected chi connectivity index (χ1v) is 7.27. The Bertz CT molecular complexity index is 468. The van der Waals surface area contributed by atoms with Gasteiger partial charge in [-0.3, -0.25) is 10.1 Å². The number of benzene rings is 1. The van der Waals surface area contributed by atoms with Crippen LogP contribution in [0.25, 0.3) is 0 Å². The van der Waals surface area contributed by atoms with Gasteiger partial charge in [0.1, 0.15) is 5.69 Å². The minimum absolute atomic E-state index is 0.164. The standard InChI is InChI=1S/C15H23N3O2/c1-12-5-8-17(9-6-12)10-7-16-14-4-3-13(2)11-15(14)18(19)20/h3-4,11-12,16H,5-10H2,1-2H3. The van der Waals surface area contributed by atoms with Crippen molar-refractivity contribution in [3.63, 3.8) is 0 Å². The SMILES string of the molecule is Cc1ccc(NCCN2CCC(C)CC2)c([N+](=O)[O-])c1. The third kappa shape index (κ3) is 3.93. The molecule has 1 aromatic carbocycles. The van der Waals surface area contributed by atoms with E-state index in [9.17, 15) is 10.1 Å². The molecule has 1 aromatic rings. The Morgan fingerprint density at radius 3 is 2.75 bits per heavy atom. The van der Waals surface area contributed by atoms with Gasteiger partial charge in [-0.25, -0.2) is 0 Å². The number of likely N-dealkylation sites (tertiary alicyclic amines) is 1. The van der Waals surface area contributed by atoms with E-state index in [2.05, 4.69) is 17.1 Å². The van der Waals surface area contributed by atoms with Gasteiger partial charge in [0.2, 0.25) is 0 Å². The summed E-state index contributed by atoms with van der Waals surface area (Å²) in [6.45, 7) is 8.13. The highest BCUT2D eigenvalue weighted by atomic mass is 16.6. The van der Waals surface area contributed by atoms with Crippen molar-refractivity contribution >= 4 is 11.4 Å². The summed E-state index contributed by atoms with van der Waals surface area (Å²) >= 11 is 0. The van der Waals surface area contributed by atoms with Gasteiger partial charge in [0.25, 0.3) is 5.69 Å². The maximum Gasteiger partial charge on any atom is 0.292 e. The van der Waals surface area contributed by atoms with Gasteiger partial charge < -0.3 is 10.2 Å². The Morgan fingerprint density at radius 1 is 1.40 bits per heavy atom. The van der Waals surface area contributed by atoms with E-state index in [1.807, 2.05) is 13.0 Å². The van der Waals surface area contributed by atoms with Gasteiger partial charge in [0, 0.05) is 19.2 Å². The number of hydrogen-bond donors (Lipinski definition) is 1. The van der Waals surface area contributed by atoms with Crippen molar-refractivity contribution in [2.45, 2.75) is 26.7 Å². The largest absolute Gasteiger partial charge is 0.378 e. The van der Waals surface area contributed by atoms with E-state index in [0.29, 0.717) is 5.69 Å². The fraction of sp³-hybridized carbons (Fsp3) is 0.600. The van der Waals surface area contributed by atoms with E-state index in [-0.39, 0.29) is 10.6 Å². The summed E-state index contributed by atoms with van der Waals surface area (Å²) in [6, 6.07) is 5.31. The second-order valence-electron chi connectivity index (χ2n) is 5.73. The Balaban J connectivity index is 1.86. The molecule has 1 aliphatic heterocycles. The fourth-order valence-electron chi connectivity index (χ4n) is 2.58. The van der Waals surface area contributed by atoms with E-state index < -0.39 is 0 Å². The number of anilines is 1. The minimum Gasteiger partial charge on any atom is -0.378 e. The summed E-state index contributed by atoms with van der Waals surface area (Å²) < 4.78 is 0. The predicted molar refractivity (Wildman–Crippen MR) is 81.2 cm³/mol. The topological polar surface area (TPSA) is 58.4 Å². The van der Waals surface area contributed by atoms with E-state index in [1.165, 1.54) is 12.8 Å². The lowest BCUT2D eigenvalue weighted by Crippen LogP contribution is -2.36. The third-order valence-electron chi connectivity index (χ3n) is 3.97. The molecule has 0 amide bonds. The number of nitrogens with zero attached hydrogens (tertiary/aromatic N) is 2. The summed E-state index contributed by atoms with van der Waals surface area (Å²) in [5.74, 6) is 0.831. The molecule has 0 spiro atoms. The van der Waals surface area contributed by atoms with Crippen molar-refractivity contribution in [3.8, 4) is 0 Å². The highest BCUT2D eigenvalue weighted by molar-refractivity contribution is 5.62. The average Bonchev–Trinajstić information content (AvgIpc) is 2.42. The van der Waals surface area contributed by atoms with Gasteiger partial charge >= 0.3 is 0 Å². The number of rotatable bonds is 5. The fourth-order valence-corrected chi connectivity index (χ4v) is 2.58. The first kappa shape index (κ1) is 14.8. The molecule has 1 heterocycles. The number of nitro groups is 1. The third-order valence-corrected chi connectivity index (χ3v) is 3.97. The Morgan fingerprint density at radius 2 is 2.10 bits per heavy atom. The van der Waals surface area contributed by atoms with Crippen LogP contribution in [-0.2, 0) is 0 Å². The zero-order chi connectivity index (χ0) is 14.5. The number of piperidine rings is 1. The van der Waals surface area contributed by atoms with Crippen LogP contribution >= 0.6 is 0 Å². The van der Waals surface area contributed by atoms with Gasteiger partial charge in [-0.15, -0.1) is 0 Å². The van der Waals surface area contributed by atoms with Crippen LogP contribution in [-0.4, -0.2) is 36.0 Å². The van der Waals surface area contributed by atoms with Crippen LogP contribution in [0.3, 0.4) is 0 Å². The number of aryl methyl sites for hydroxylation is 1. The minimum atomic E-state index is -0.322. The highest BCUT2D eigenvalue weighted by Gasteiger charge is 2.16. The Kier molecular flexibility index (Phi) is 4.95. The number of hydrogen-bond acceptors (Lipinski definition) is 4. The van der Waals surface area contributed by atoms with Gasteiger partial charge in [0.15, 0.2) is 0 Å². The number of nitrogens with one attached hydrogen (secondary N) is 1. The molecule has 2 rings (SSSR count). The molecule has 5 nitrogen and oxygen atoms in total. The van der Waals surface area contributed by atoms with Crippen molar-refractivity contribution in [1.82, 2.24) is 4.90 Å². The maximum absolute atomic E-state index is 11.0. The number of nitro benzene ring substituents is 1. The molecule has 1 fully saturated rings. The molecule has 0 unspecified atom stereocenters. The molecule has 1 aliphatic rings. The van der Waals surface area contributed by atoms with Crippen LogP contribution in [0.2, 0.25) is 0 Å². The second-order valence-corrected chi connectivity index (χ2v) is 5.73. The summed E-state index contributed by atoms with van der Waals surface area (Å²) in [5.41, 5.74) is 1.69. The zero-order valence-electron chi connectivity index (χ0n) is 12.3. The molecule has 110 valence electrons. The molecule has 0 atom stereocenters. The Labute approximate surface area is 120 Å². The Hall–Kier alpha value is -1.62.